The molecule has 0 radical (unpaired) electrons. The van der Waals surface area contributed by atoms with E-state index in [4.69, 9.17) is 0 Å². The highest BCUT2D eigenvalue weighted by atomic mass is 19.1. The van der Waals surface area contributed by atoms with Crippen molar-refractivity contribution in [3.8, 4) is 0 Å². The summed E-state index contributed by atoms with van der Waals surface area (Å²) < 4.78 is 26.4. The summed E-state index contributed by atoms with van der Waals surface area (Å²) in [6.45, 7) is 1.16. The maximum atomic E-state index is 13.4. The van der Waals surface area contributed by atoms with Crippen LogP contribution in [0.15, 0.2) is 42.5 Å². The highest BCUT2D eigenvalue weighted by Crippen LogP contribution is 2.34. The lowest BCUT2D eigenvalue weighted by Gasteiger charge is -2.30. The van der Waals surface area contributed by atoms with Gasteiger partial charge >= 0.3 is 0 Å². The van der Waals surface area contributed by atoms with Gasteiger partial charge in [-0.25, -0.2) is 8.78 Å². The Morgan fingerprint density at radius 1 is 1.11 bits per heavy atom. The van der Waals surface area contributed by atoms with E-state index >= 15 is 0 Å². The van der Waals surface area contributed by atoms with Crippen LogP contribution in [0.2, 0.25) is 0 Å². The van der Waals surface area contributed by atoms with Crippen LogP contribution in [0.3, 0.4) is 0 Å². The number of rotatable bonds is 4. The van der Waals surface area contributed by atoms with Gasteiger partial charge in [-0.05, 0) is 35.7 Å². The van der Waals surface area contributed by atoms with Gasteiger partial charge in [0.1, 0.15) is 11.6 Å². The highest BCUT2D eigenvalue weighted by Gasteiger charge is 2.24. The average Bonchev–Trinajstić information content (AvgIpc) is 2.39. The molecule has 2 aromatic rings. The van der Waals surface area contributed by atoms with E-state index in [-0.39, 0.29) is 5.82 Å². The van der Waals surface area contributed by atoms with Crippen LogP contribution in [0, 0.1) is 11.6 Å². The van der Waals surface area contributed by atoms with Crippen molar-refractivity contribution in [2.75, 3.05) is 6.54 Å². The molecule has 1 unspecified atom stereocenters. The smallest absolute Gasteiger partial charge is 0.127 e. The molecule has 0 bridgehead atoms. The third kappa shape index (κ3) is 2.51. The molecule has 0 fully saturated rings. The van der Waals surface area contributed by atoms with Gasteiger partial charge in [0.2, 0.25) is 0 Å². The van der Waals surface area contributed by atoms with E-state index < -0.39 is 5.82 Å². The second-order valence-corrected chi connectivity index (χ2v) is 4.97. The van der Waals surface area contributed by atoms with E-state index in [0.717, 1.165) is 19.0 Å². The number of hydrogen-bond donors (Lipinski definition) is 1. The van der Waals surface area contributed by atoms with Crippen LogP contribution in [0.25, 0.3) is 0 Å². The van der Waals surface area contributed by atoms with E-state index in [9.17, 15) is 8.78 Å². The lowest BCUT2D eigenvalue weighted by atomic mass is 9.77. The molecule has 0 aliphatic heterocycles. The van der Waals surface area contributed by atoms with Crippen LogP contribution in [0.4, 0.5) is 8.78 Å². The minimum absolute atomic E-state index is 0.358. The minimum atomic E-state index is -0.396. The lowest BCUT2D eigenvalue weighted by Crippen LogP contribution is -2.29. The number of hydrogen-bond acceptors (Lipinski definition) is 1. The summed E-state index contributed by atoms with van der Waals surface area (Å²) in [6, 6.07) is 11.9. The molecule has 2 aromatic carbocycles. The molecule has 3 rings (SSSR count). The van der Waals surface area contributed by atoms with Gasteiger partial charge in [0.15, 0.2) is 0 Å². The van der Waals surface area contributed by atoms with E-state index in [1.807, 2.05) is 12.1 Å². The van der Waals surface area contributed by atoms with E-state index in [0.29, 0.717) is 18.0 Å². The van der Waals surface area contributed by atoms with Gasteiger partial charge in [-0.15, -0.1) is 0 Å². The first kappa shape index (κ1) is 12.3. The molecular formula is C16H15F2N. The third-order valence-electron chi connectivity index (χ3n) is 3.68. The number of halogens is 2. The molecule has 1 atom stereocenters. The van der Waals surface area contributed by atoms with Gasteiger partial charge in [0.25, 0.3) is 0 Å². The number of nitrogens with one attached hydrogen (secondary N) is 1. The Bertz CT molecular complexity index is 595. The monoisotopic (exact) mass is 259 g/mol. The molecule has 0 aromatic heterocycles. The molecule has 1 nitrogen and oxygen atoms in total. The van der Waals surface area contributed by atoms with Crippen LogP contribution < -0.4 is 5.32 Å². The normalized spacial score (nSPS) is 16.8. The van der Waals surface area contributed by atoms with Gasteiger partial charge in [-0.1, -0.05) is 24.3 Å². The minimum Gasteiger partial charge on any atom is -0.312 e. The molecule has 1 aliphatic rings. The second kappa shape index (κ2) is 5.10. The van der Waals surface area contributed by atoms with Crippen LogP contribution in [-0.4, -0.2) is 6.54 Å². The van der Waals surface area contributed by atoms with Crippen molar-refractivity contribution < 1.29 is 8.78 Å². The summed E-state index contributed by atoms with van der Waals surface area (Å²) in [7, 11) is 0. The van der Waals surface area contributed by atoms with E-state index in [1.165, 1.54) is 23.3 Å². The Morgan fingerprint density at radius 3 is 2.79 bits per heavy atom. The molecule has 3 heteroatoms. The quantitative estimate of drug-likeness (QED) is 0.887. The molecule has 0 amide bonds. The fourth-order valence-corrected chi connectivity index (χ4v) is 2.60. The van der Waals surface area contributed by atoms with Crippen molar-refractivity contribution in [2.45, 2.75) is 18.9 Å². The maximum absolute atomic E-state index is 13.4. The van der Waals surface area contributed by atoms with E-state index in [2.05, 4.69) is 17.4 Å². The first-order valence-corrected chi connectivity index (χ1v) is 6.46. The Morgan fingerprint density at radius 2 is 1.95 bits per heavy atom. The number of benzene rings is 2. The Labute approximate surface area is 111 Å². The highest BCUT2D eigenvalue weighted by molar-refractivity contribution is 5.40. The molecule has 0 saturated heterocycles. The predicted molar refractivity (Wildman–Crippen MR) is 71.0 cm³/mol. The fourth-order valence-electron chi connectivity index (χ4n) is 2.60. The summed E-state index contributed by atoms with van der Waals surface area (Å²) in [5, 5.41) is 3.21. The Balaban J connectivity index is 1.56. The van der Waals surface area contributed by atoms with Crippen LogP contribution in [0.1, 0.15) is 22.6 Å². The van der Waals surface area contributed by atoms with Gasteiger partial charge in [-0.3, -0.25) is 0 Å². The van der Waals surface area contributed by atoms with Gasteiger partial charge in [-0.2, -0.15) is 0 Å². The van der Waals surface area contributed by atoms with Gasteiger partial charge in [0, 0.05) is 24.6 Å². The molecule has 19 heavy (non-hydrogen) atoms. The Kier molecular flexibility index (Phi) is 3.30. The summed E-state index contributed by atoms with van der Waals surface area (Å²) in [5.41, 5.74) is 3.15. The maximum Gasteiger partial charge on any atom is 0.127 e. The molecule has 0 heterocycles. The predicted octanol–water partition coefficient (Wildman–Crippen LogP) is 3.39. The van der Waals surface area contributed by atoms with Gasteiger partial charge < -0.3 is 5.32 Å². The summed E-state index contributed by atoms with van der Waals surface area (Å²) in [6.07, 6.45) is 1.06. The SMILES string of the molecule is Fc1ccc(F)c(CNCC2Cc3ccccc32)c1. The summed E-state index contributed by atoms with van der Waals surface area (Å²) in [5.74, 6) is -0.261. The first-order valence-electron chi connectivity index (χ1n) is 6.46. The molecule has 98 valence electrons. The zero-order valence-corrected chi connectivity index (χ0v) is 10.5. The van der Waals surface area contributed by atoms with Crippen molar-refractivity contribution in [1.29, 1.82) is 0 Å². The van der Waals surface area contributed by atoms with Crippen molar-refractivity contribution in [1.82, 2.24) is 5.32 Å². The second-order valence-electron chi connectivity index (χ2n) is 4.97. The third-order valence-corrected chi connectivity index (χ3v) is 3.68. The molecule has 1 aliphatic carbocycles. The molecule has 0 saturated carbocycles. The molecular weight excluding hydrogens is 244 g/mol. The van der Waals surface area contributed by atoms with E-state index in [1.54, 1.807) is 0 Å². The Hall–Kier alpha value is -1.74. The molecule has 0 spiro atoms. The average molecular weight is 259 g/mol. The summed E-state index contributed by atoms with van der Waals surface area (Å²) in [4.78, 5) is 0. The lowest BCUT2D eigenvalue weighted by molar-refractivity contribution is 0.519. The van der Waals surface area contributed by atoms with Crippen LogP contribution in [-0.2, 0) is 13.0 Å². The van der Waals surface area contributed by atoms with Gasteiger partial charge in [0.05, 0.1) is 0 Å². The van der Waals surface area contributed by atoms with Crippen molar-refractivity contribution >= 4 is 0 Å². The van der Waals surface area contributed by atoms with Crippen LogP contribution in [0.5, 0.6) is 0 Å². The zero-order chi connectivity index (χ0) is 13.2. The van der Waals surface area contributed by atoms with Crippen LogP contribution >= 0.6 is 0 Å². The topological polar surface area (TPSA) is 12.0 Å². The zero-order valence-electron chi connectivity index (χ0n) is 10.5. The largest absolute Gasteiger partial charge is 0.312 e. The van der Waals surface area contributed by atoms with Crippen molar-refractivity contribution in [3.05, 3.63) is 70.8 Å². The molecule has 1 N–H and O–H groups in total. The van der Waals surface area contributed by atoms with Crippen molar-refractivity contribution in [3.63, 3.8) is 0 Å². The standard InChI is InChI=1S/C16H15F2N/c17-14-5-6-16(18)13(8-14)10-19-9-12-7-11-3-1-2-4-15(11)12/h1-6,8,12,19H,7,9-10H2. The number of fused-ring (bicyclic) bond motifs is 1. The van der Waals surface area contributed by atoms with Crippen molar-refractivity contribution in [2.24, 2.45) is 0 Å². The summed E-state index contributed by atoms with van der Waals surface area (Å²) >= 11 is 0. The fraction of sp³-hybridized carbons (Fsp3) is 0.250. The first-order chi connectivity index (χ1) is 9.24.